The molecule has 1 aliphatic heterocycles. The van der Waals surface area contributed by atoms with E-state index < -0.39 is 0 Å². The van der Waals surface area contributed by atoms with Gasteiger partial charge in [-0.1, -0.05) is 24.6 Å². The molecule has 0 aliphatic carbocycles. The Balaban J connectivity index is 1.74. The second-order valence-electron chi connectivity index (χ2n) is 7.21. The number of hydrogen-bond acceptors (Lipinski definition) is 6. The lowest BCUT2D eigenvalue weighted by atomic mass is 10.00. The molecule has 3 heterocycles. The number of rotatable bonds is 3. The SMILES string of the molecule is Cc1ccc(Nc2nc(N3CCC(C)CC3)nc3nccnc23)c(C)c1. The topological polar surface area (TPSA) is 66.8 Å². The van der Waals surface area contributed by atoms with Crippen LogP contribution < -0.4 is 10.2 Å². The minimum atomic E-state index is 0.628. The van der Waals surface area contributed by atoms with Crippen molar-refractivity contribution < 1.29 is 0 Å². The zero-order valence-corrected chi connectivity index (χ0v) is 15.5. The van der Waals surface area contributed by atoms with Gasteiger partial charge in [-0.2, -0.15) is 9.97 Å². The van der Waals surface area contributed by atoms with E-state index >= 15 is 0 Å². The number of nitrogens with zero attached hydrogens (tertiary/aromatic N) is 5. The van der Waals surface area contributed by atoms with E-state index in [0.717, 1.165) is 30.6 Å². The summed E-state index contributed by atoms with van der Waals surface area (Å²) in [6, 6.07) is 6.33. The van der Waals surface area contributed by atoms with Gasteiger partial charge in [-0.3, -0.25) is 0 Å². The minimum Gasteiger partial charge on any atom is -0.341 e. The highest BCUT2D eigenvalue weighted by molar-refractivity contribution is 5.86. The van der Waals surface area contributed by atoms with Gasteiger partial charge in [-0.25, -0.2) is 9.97 Å². The van der Waals surface area contributed by atoms with E-state index in [9.17, 15) is 0 Å². The van der Waals surface area contributed by atoms with Gasteiger partial charge >= 0.3 is 0 Å². The second-order valence-corrected chi connectivity index (χ2v) is 7.21. The van der Waals surface area contributed by atoms with E-state index in [-0.39, 0.29) is 0 Å². The zero-order chi connectivity index (χ0) is 18.1. The molecular formula is C20H24N6. The van der Waals surface area contributed by atoms with E-state index in [2.05, 4.69) is 64.1 Å². The van der Waals surface area contributed by atoms with Crippen molar-refractivity contribution in [3.8, 4) is 0 Å². The van der Waals surface area contributed by atoms with Crippen LogP contribution in [-0.4, -0.2) is 33.0 Å². The maximum absolute atomic E-state index is 4.81. The van der Waals surface area contributed by atoms with Crippen LogP contribution in [0.4, 0.5) is 17.5 Å². The smallest absolute Gasteiger partial charge is 0.229 e. The molecule has 1 aliphatic rings. The highest BCUT2D eigenvalue weighted by Gasteiger charge is 2.20. The fourth-order valence-corrected chi connectivity index (χ4v) is 3.37. The standard InChI is InChI=1S/C20H24N6/c1-13-6-10-26(11-7-13)20-24-18-17(21-8-9-22-18)19(25-20)23-16-5-4-14(2)12-15(16)3/h4-5,8-9,12-13H,6-7,10-11H2,1-3H3,(H,22,23,24,25). The van der Waals surface area contributed by atoms with E-state index in [1.54, 1.807) is 12.4 Å². The molecule has 0 atom stereocenters. The highest BCUT2D eigenvalue weighted by Crippen LogP contribution is 2.27. The maximum Gasteiger partial charge on any atom is 0.229 e. The molecule has 0 spiro atoms. The first kappa shape index (κ1) is 16.7. The summed E-state index contributed by atoms with van der Waals surface area (Å²) in [5.74, 6) is 2.21. The van der Waals surface area contributed by atoms with Crippen molar-refractivity contribution in [3.63, 3.8) is 0 Å². The monoisotopic (exact) mass is 348 g/mol. The Labute approximate surface area is 153 Å². The van der Waals surface area contributed by atoms with Gasteiger partial charge in [0.25, 0.3) is 0 Å². The molecule has 1 saturated heterocycles. The molecule has 134 valence electrons. The van der Waals surface area contributed by atoms with Gasteiger partial charge in [0.15, 0.2) is 17.0 Å². The number of anilines is 3. The van der Waals surface area contributed by atoms with Crippen molar-refractivity contribution >= 4 is 28.6 Å². The highest BCUT2D eigenvalue weighted by atomic mass is 15.3. The number of nitrogens with one attached hydrogen (secondary N) is 1. The number of piperidine rings is 1. The molecule has 3 aromatic rings. The van der Waals surface area contributed by atoms with Gasteiger partial charge in [-0.05, 0) is 44.2 Å². The van der Waals surface area contributed by atoms with Crippen LogP contribution in [0.25, 0.3) is 11.2 Å². The van der Waals surface area contributed by atoms with Gasteiger partial charge in [0.2, 0.25) is 5.95 Å². The number of benzene rings is 1. The predicted octanol–water partition coefficient (Wildman–Crippen LogP) is 4.02. The van der Waals surface area contributed by atoms with Crippen molar-refractivity contribution in [1.82, 2.24) is 19.9 Å². The summed E-state index contributed by atoms with van der Waals surface area (Å²) in [7, 11) is 0. The van der Waals surface area contributed by atoms with Gasteiger partial charge < -0.3 is 10.2 Å². The van der Waals surface area contributed by atoms with Crippen LogP contribution in [0.2, 0.25) is 0 Å². The Kier molecular flexibility index (Phi) is 4.41. The average Bonchev–Trinajstić information content (AvgIpc) is 2.64. The van der Waals surface area contributed by atoms with Crippen molar-refractivity contribution in [1.29, 1.82) is 0 Å². The van der Waals surface area contributed by atoms with Crippen LogP contribution in [-0.2, 0) is 0 Å². The molecular weight excluding hydrogens is 324 g/mol. The van der Waals surface area contributed by atoms with Crippen LogP contribution in [0.3, 0.4) is 0 Å². The number of fused-ring (bicyclic) bond motifs is 1. The third kappa shape index (κ3) is 3.31. The van der Waals surface area contributed by atoms with Crippen LogP contribution in [0, 0.1) is 19.8 Å². The summed E-state index contributed by atoms with van der Waals surface area (Å²) in [5.41, 5.74) is 4.77. The molecule has 6 nitrogen and oxygen atoms in total. The Morgan fingerprint density at radius 2 is 1.81 bits per heavy atom. The van der Waals surface area contributed by atoms with Gasteiger partial charge in [0, 0.05) is 31.2 Å². The number of hydrogen-bond donors (Lipinski definition) is 1. The molecule has 0 bridgehead atoms. The molecule has 1 N–H and O–H groups in total. The molecule has 2 aromatic heterocycles. The zero-order valence-electron chi connectivity index (χ0n) is 15.5. The Morgan fingerprint density at radius 3 is 2.58 bits per heavy atom. The first-order valence-corrected chi connectivity index (χ1v) is 9.18. The van der Waals surface area contributed by atoms with Crippen molar-refractivity contribution in [2.24, 2.45) is 5.92 Å². The summed E-state index contributed by atoms with van der Waals surface area (Å²) in [6.07, 6.45) is 5.70. The first-order valence-electron chi connectivity index (χ1n) is 9.18. The van der Waals surface area contributed by atoms with Crippen LogP contribution in [0.15, 0.2) is 30.6 Å². The lowest BCUT2D eigenvalue weighted by molar-refractivity contribution is 0.435. The number of aryl methyl sites for hydroxylation is 2. The first-order chi connectivity index (χ1) is 12.6. The molecule has 0 unspecified atom stereocenters. The molecule has 0 saturated carbocycles. The Hall–Kier alpha value is -2.76. The normalized spacial score (nSPS) is 15.4. The fourth-order valence-electron chi connectivity index (χ4n) is 3.37. The molecule has 6 heteroatoms. The summed E-state index contributed by atoms with van der Waals surface area (Å²) in [6.45, 7) is 8.46. The molecule has 1 aromatic carbocycles. The van der Waals surface area contributed by atoms with Gasteiger partial charge in [0.05, 0.1) is 0 Å². The molecule has 0 amide bonds. The molecule has 4 rings (SSSR count). The summed E-state index contributed by atoms with van der Waals surface area (Å²) < 4.78 is 0. The quantitative estimate of drug-likeness (QED) is 0.771. The minimum absolute atomic E-state index is 0.628. The van der Waals surface area contributed by atoms with E-state index in [0.29, 0.717) is 17.0 Å². The van der Waals surface area contributed by atoms with Crippen molar-refractivity contribution in [3.05, 3.63) is 41.7 Å². The largest absolute Gasteiger partial charge is 0.341 e. The van der Waals surface area contributed by atoms with E-state index in [1.807, 2.05) is 0 Å². The number of aromatic nitrogens is 4. The van der Waals surface area contributed by atoms with Crippen LogP contribution >= 0.6 is 0 Å². The summed E-state index contributed by atoms with van der Waals surface area (Å²) in [5, 5.41) is 3.45. The molecule has 0 radical (unpaired) electrons. The Bertz CT molecular complexity index is 931. The maximum atomic E-state index is 4.81. The molecule has 26 heavy (non-hydrogen) atoms. The van der Waals surface area contributed by atoms with Crippen LogP contribution in [0.5, 0.6) is 0 Å². The second kappa shape index (κ2) is 6.86. The third-order valence-electron chi connectivity index (χ3n) is 5.02. The molecule has 1 fully saturated rings. The average molecular weight is 348 g/mol. The van der Waals surface area contributed by atoms with Gasteiger partial charge in [0.1, 0.15) is 0 Å². The van der Waals surface area contributed by atoms with Crippen LogP contribution in [0.1, 0.15) is 30.9 Å². The lowest BCUT2D eigenvalue weighted by Gasteiger charge is -2.30. The van der Waals surface area contributed by atoms with Gasteiger partial charge in [-0.15, -0.1) is 0 Å². The van der Waals surface area contributed by atoms with E-state index in [1.165, 1.54) is 24.0 Å². The lowest BCUT2D eigenvalue weighted by Crippen LogP contribution is -2.34. The summed E-state index contributed by atoms with van der Waals surface area (Å²) >= 11 is 0. The van der Waals surface area contributed by atoms with Crippen molar-refractivity contribution in [2.75, 3.05) is 23.3 Å². The fraction of sp³-hybridized carbons (Fsp3) is 0.400. The van der Waals surface area contributed by atoms with E-state index in [4.69, 9.17) is 4.98 Å². The Morgan fingerprint density at radius 1 is 1.04 bits per heavy atom. The van der Waals surface area contributed by atoms with Crippen molar-refractivity contribution in [2.45, 2.75) is 33.6 Å². The predicted molar refractivity (Wildman–Crippen MR) is 105 cm³/mol. The third-order valence-corrected chi connectivity index (χ3v) is 5.02. The summed E-state index contributed by atoms with van der Waals surface area (Å²) in [4.78, 5) is 20.6.